The zero-order valence-corrected chi connectivity index (χ0v) is 10.1. The Morgan fingerprint density at radius 3 is 3.06 bits per heavy atom. The van der Waals surface area contributed by atoms with Crippen LogP contribution in [-0.2, 0) is 11.3 Å². The molecular formula is C10H14N4OS. The molecule has 2 aliphatic rings. The van der Waals surface area contributed by atoms with Crippen molar-refractivity contribution in [3.63, 3.8) is 0 Å². The van der Waals surface area contributed by atoms with Crippen molar-refractivity contribution in [3.05, 3.63) is 12.4 Å². The molecule has 3 heterocycles. The summed E-state index contributed by atoms with van der Waals surface area (Å²) in [6, 6.07) is 0.271. The molecule has 3 atom stereocenters. The predicted octanol–water partition coefficient (Wildman–Crippen LogP) is 0.730. The van der Waals surface area contributed by atoms with E-state index in [2.05, 4.69) is 24.2 Å². The Bertz CT molecular complexity index is 420. The lowest BCUT2D eigenvalue weighted by Crippen LogP contribution is -2.53. The van der Waals surface area contributed by atoms with Crippen LogP contribution in [0.3, 0.4) is 0 Å². The third-order valence-corrected chi connectivity index (χ3v) is 5.28. The Morgan fingerprint density at radius 2 is 2.50 bits per heavy atom. The summed E-state index contributed by atoms with van der Waals surface area (Å²) in [5.74, 6) is 0.285. The van der Waals surface area contributed by atoms with Crippen LogP contribution >= 0.6 is 11.8 Å². The van der Waals surface area contributed by atoms with Gasteiger partial charge in [-0.25, -0.2) is 0 Å². The van der Waals surface area contributed by atoms with E-state index >= 15 is 0 Å². The average Bonchev–Trinajstić information content (AvgIpc) is 2.74. The minimum absolute atomic E-state index is 0.0462. The molecular weight excluding hydrogens is 224 g/mol. The zero-order valence-electron chi connectivity index (χ0n) is 9.33. The van der Waals surface area contributed by atoms with Gasteiger partial charge in [0.05, 0.1) is 29.3 Å². The SMILES string of the molecule is CC1N2C(=O)CC2S[C@@]1(C)Cn1ccnn1. The minimum Gasteiger partial charge on any atom is -0.326 e. The Hall–Kier alpha value is -1.04. The van der Waals surface area contributed by atoms with Crippen molar-refractivity contribution < 1.29 is 4.79 Å². The van der Waals surface area contributed by atoms with Crippen LogP contribution in [0.1, 0.15) is 20.3 Å². The summed E-state index contributed by atoms with van der Waals surface area (Å²) in [5, 5.41) is 8.20. The highest BCUT2D eigenvalue weighted by molar-refractivity contribution is 8.01. The maximum Gasteiger partial charge on any atom is 0.226 e. The third kappa shape index (κ3) is 1.29. The van der Waals surface area contributed by atoms with E-state index in [0.717, 1.165) is 6.54 Å². The van der Waals surface area contributed by atoms with Crippen molar-refractivity contribution in [2.45, 2.75) is 43.0 Å². The molecule has 2 aliphatic heterocycles. The number of thioether (sulfide) groups is 1. The zero-order chi connectivity index (χ0) is 11.3. The number of hydrogen-bond donors (Lipinski definition) is 0. The van der Waals surface area contributed by atoms with Gasteiger partial charge >= 0.3 is 0 Å². The molecule has 2 saturated heterocycles. The van der Waals surface area contributed by atoms with Gasteiger partial charge in [0.2, 0.25) is 5.91 Å². The summed E-state index contributed by atoms with van der Waals surface area (Å²) in [4.78, 5) is 13.5. The molecule has 0 N–H and O–H groups in total. The lowest BCUT2D eigenvalue weighted by Gasteiger charge is -2.37. The van der Waals surface area contributed by atoms with Crippen molar-refractivity contribution >= 4 is 17.7 Å². The van der Waals surface area contributed by atoms with E-state index in [-0.39, 0.29) is 16.7 Å². The maximum atomic E-state index is 11.5. The summed E-state index contributed by atoms with van der Waals surface area (Å²) in [6.45, 7) is 5.13. The standard InChI is InChI=1S/C10H14N4OS/c1-7-10(2,6-13-4-3-11-12-13)16-9-5-8(15)14(7)9/h3-4,7,9H,5-6H2,1-2H3/t7?,9?,10-/m0/s1. The molecule has 2 unspecified atom stereocenters. The Labute approximate surface area is 98.2 Å². The van der Waals surface area contributed by atoms with Crippen molar-refractivity contribution in [3.8, 4) is 0 Å². The third-order valence-electron chi connectivity index (χ3n) is 3.60. The van der Waals surface area contributed by atoms with E-state index < -0.39 is 0 Å². The first-order valence-corrected chi connectivity index (χ1v) is 6.31. The highest BCUT2D eigenvalue weighted by atomic mass is 32.2. The van der Waals surface area contributed by atoms with Gasteiger partial charge in [0.15, 0.2) is 0 Å². The molecule has 86 valence electrons. The normalized spacial score (nSPS) is 37.4. The molecule has 5 nitrogen and oxygen atoms in total. The Balaban J connectivity index is 1.81. The van der Waals surface area contributed by atoms with Crippen LogP contribution in [0.15, 0.2) is 12.4 Å². The van der Waals surface area contributed by atoms with E-state index in [4.69, 9.17) is 0 Å². The molecule has 1 amide bonds. The lowest BCUT2D eigenvalue weighted by molar-refractivity contribution is -0.143. The monoisotopic (exact) mass is 238 g/mol. The smallest absolute Gasteiger partial charge is 0.226 e. The number of carbonyl (C=O) groups excluding carboxylic acids is 1. The summed E-state index contributed by atoms with van der Waals surface area (Å²) in [5.41, 5.74) is 0. The predicted molar refractivity (Wildman–Crippen MR) is 60.7 cm³/mol. The Kier molecular flexibility index (Phi) is 2.04. The van der Waals surface area contributed by atoms with Gasteiger partial charge in [-0.15, -0.1) is 16.9 Å². The molecule has 6 heteroatoms. The van der Waals surface area contributed by atoms with Gasteiger partial charge in [0.1, 0.15) is 0 Å². The van der Waals surface area contributed by atoms with E-state index in [9.17, 15) is 4.79 Å². The van der Waals surface area contributed by atoms with Gasteiger partial charge in [0.25, 0.3) is 0 Å². The van der Waals surface area contributed by atoms with E-state index in [1.165, 1.54) is 0 Å². The van der Waals surface area contributed by atoms with E-state index in [1.807, 2.05) is 27.5 Å². The van der Waals surface area contributed by atoms with Crippen LogP contribution in [0.2, 0.25) is 0 Å². The number of hydrogen-bond acceptors (Lipinski definition) is 4. The second-order valence-corrected chi connectivity index (χ2v) is 6.38. The van der Waals surface area contributed by atoms with E-state index in [1.54, 1.807) is 6.20 Å². The van der Waals surface area contributed by atoms with E-state index in [0.29, 0.717) is 11.8 Å². The summed E-state index contributed by atoms with van der Waals surface area (Å²) < 4.78 is 1.89. The highest BCUT2D eigenvalue weighted by Gasteiger charge is 2.55. The van der Waals surface area contributed by atoms with Crippen LogP contribution in [0.5, 0.6) is 0 Å². The van der Waals surface area contributed by atoms with Gasteiger partial charge in [-0.2, -0.15) is 0 Å². The van der Waals surface area contributed by atoms with Crippen molar-refractivity contribution in [2.75, 3.05) is 0 Å². The molecule has 0 aromatic carbocycles. The fourth-order valence-electron chi connectivity index (χ4n) is 2.48. The fourth-order valence-corrected chi connectivity index (χ4v) is 4.26. The van der Waals surface area contributed by atoms with Crippen molar-refractivity contribution in [1.29, 1.82) is 0 Å². The molecule has 0 saturated carbocycles. The Morgan fingerprint density at radius 1 is 1.69 bits per heavy atom. The largest absolute Gasteiger partial charge is 0.326 e. The minimum atomic E-state index is 0.0462. The second kappa shape index (κ2) is 3.23. The van der Waals surface area contributed by atoms with Gasteiger partial charge in [-0.1, -0.05) is 5.21 Å². The second-order valence-electron chi connectivity index (χ2n) is 4.67. The molecule has 1 aromatic rings. The number of rotatable bonds is 2. The number of carbonyl (C=O) groups is 1. The first-order valence-electron chi connectivity index (χ1n) is 5.43. The van der Waals surface area contributed by atoms with Crippen LogP contribution in [0, 0.1) is 0 Å². The van der Waals surface area contributed by atoms with Gasteiger partial charge in [0, 0.05) is 12.2 Å². The van der Waals surface area contributed by atoms with Crippen LogP contribution in [-0.4, -0.2) is 42.0 Å². The summed E-state index contributed by atoms with van der Waals surface area (Å²) in [7, 11) is 0. The highest BCUT2D eigenvalue weighted by Crippen LogP contribution is 2.51. The molecule has 0 radical (unpaired) electrons. The van der Waals surface area contributed by atoms with Crippen LogP contribution in [0.25, 0.3) is 0 Å². The number of β-lactam (4-membered cyclic amide) rings is 1. The molecule has 3 rings (SSSR count). The average molecular weight is 238 g/mol. The lowest BCUT2D eigenvalue weighted by atomic mass is 9.98. The maximum absolute atomic E-state index is 11.5. The first-order chi connectivity index (χ1) is 7.60. The molecule has 0 bridgehead atoms. The molecule has 2 fully saturated rings. The van der Waals surface area contributed by atoms with Gasteiger partial charge < -0.3 is 4.90 Å². The molecule has 16 heavy (non-hydrogen) atoms. The number of amides is 1. The van der Waals surface area contributed by atoms with Crippen molar-refractivity contribution in [2.24, 2.45) is 0 Å². The van der Waals surface area contributed by atoms with Gasteiger partial charge in [-0.3, -0.25) is 9.48 Å². The van der Waals surface area contributed by atoms with Crippen molar-refractivity contribution in [1.82, 2.24) is 19.9 Å². The van der Waals surface area contributed by atoms with Gasteiger partial charge in [-0.05, 0) is 13.8 Å². The number of nitrogens with zero attached hydrogens (tertiary/aromatic N) is 4. The summed E-state index contributed by atoms with van der Waals surface area (Å²) >= 11 is 1.89. The van der Waals surface area contributed by atoms with Crippen LogP contribution in [0.4, 0.5) is 0 Å². The molecule has 0 spiro atoms. The topological polar surface area (TPSA) is 51.0 Å². The first kappa shape index (κ1) is 10.1. The molecule has 1 aromatic heterocycles. The number of fused-ring (bicyclic) bond motifs is 1. The van der Waals surface area contributed by atoms with Crippen LogP contribution < -0.4 is 0 Å². The fraction of sp³-hybridized carbons (Fsp3) is 0.700. The number of aromatic nitrogens is 3. The summed E-state index contributed by atoms with van der Waals surface area (Å²) in [6.07, 6.45) is 4.26. The quantitative estimate of drug-likeness (QED) is 0.713. The molecule has 0 aliphatic carbocycles.